The van der Waals surface area contributed by atoms with Gasteiger partial charge in [0.15, 0.2) is 0 Å². The molecule has 0 bridgehead atoms. The van der Waals surface area contributed by atoms with Gasteiger partial charge >= 0.3 is 12.1 Å². The van der Waals surface area contributed by atoms with E-state index in [1.165, 1.54) is 6.07 Å². The summed E-state index contributed by atoms with van der Waals surface area (Å²) in [5.74, 6) is 0.0179. The molecule has 35 heavy (non-hydrogen) atoms. The second kappa shape index (κ2) is 9.20. The van der Waals surface area contributed by atoms with Gasteiger partial charge in [-0.3, -0.25) is 4.90 Å². The zero-order valence-corrected chi connectivity index (χ0v) is 19.2. The smallest absolute Gasteiger partial charge is 0.416 e. The Labute approximate surface area is 200 Å². The summed E-state index contributed by atoms with van der Waals surface area (Å²) in [6.07, 6.45) is -2.62. The lowest BCUT2D eigenvalue weighted by Gasteiger charge is -2.32. The molecule has 2 aliphatic heterocycles. The van der Waals surface area contributed by atoms with Gasteiger partial charge in [0.1, 0.15) is 24.2 Å². The van der Waals surface area contributed by atoms with Crippen molar-refractivity contribution < 1.29 is 37.3 Å². The van der Waals surface area contributed by atoms with Gasteiger partial charge in [-0.2, -0.15) is 13.2 Å². The molecular weight excluding hydrogens is 463 g/mol. The lowest BCUT2D eigenvalue weighted by Crippen LogP contribution is -2.41. The molecule has 1 fully saturated rings. The maximum Gasteiger partial charge on any atom is 0.416 e. The number of ether oxygens (including phenoxy) is 3. The molecule has 9 heteroatoms. The summed E-state index contributed by atoms with van der Waals surface area (Å²) in [7, 11) is 0. The third kappa shape index (κ3) is 4.88. The van der Waals surface area contributed by atoms with E-state index < -0.39 is 17.7 Å². The van der Waals surface area contributed by atoms with Crippen molar-refractivity contribution in [2.24, 2.45) is 0 Å². The Balaban J connectivity index is 1.41. The van der Waals surface area contributed by atoms with E-state index >= 15 is 0 Å². The van der Waals surface area contributed by atoms with Gasteiger partial charge in [0.2, 0.25) is 0 Å². The fourth-order valence-electron chi connectivity index (χ4n) is 5.19. The lowest BCUT2D eigenvalue weighted by atomic mass is 9.96. The normalized spacial score (nSPS) is 23.1. The molecule has 0 radical (unpaired) electrons. The molecule has 2 aromatic rings. The summed E-state index contributed by atoms with van der Waals surface area (Å²) in [5.41, 5.74) is 2.52. The number of hydrogen-bond donors (Lipinski definition) is 1. The number of aliphatic carboxylic acids is 1. The number of fused-ring (bicyclic) bond motifs is 2. The molecule has 2 heterocycles. The molecule has 1 aliphatic carbocycles. The van der Waals surface area contributed by atoms with Crippen molar-refractivity contribution in [2.45, 2.75) is 44.7 Å². The van der Waals surface area contributed by atoms with E-state index in [4.69, 9.17) is 19.3 Å². The third-order valence-electron chi connectivity index (χ3n) is 6.74. The number of alkyl halides is 3. The summed E-state index contributed by atoms with van der Waals surface area (Å²) in [4.78, 5) is 13.0. The van der Waals surface area contributed by atoms with Crippen molar-refractivity contribution in [1.29, 1.82) is 0 Å². The number of carboxylic acid groups (broad SMARTS) is 1. The van der Waals surface area contributed by atoms with E-state index in [9.17, 15) is 18.0 Å². The molecule has 2 unspecified atom stereocenters. The molecule has 1 saturated heterocycles. The topological polar surface area (TPSA) is 68.2 Å². The number of benzene rings is 2. The highest BCUT2D eigenvalue weighted by Gasteiger charge is 2.38. The van der Waals surface area contributed by atoms with Crippen molar-refractivity contribution in [3.63, 3.8) is 0 Å². The Morgan fingerprint density at radius 2 is 2.11 bits per heavy atom. The van der Waals surface area contributed by atoms with Gasteiger partial charge in [-0.1, -0.05) is 6.07 Å². The maximum absolute atomic E-state index is 13.9. The number of morpholine rings is 1. The van der Waals surface area contributed by atoms with Gasteiger partial charge in [-0.05, 0) is 54.7 Å². The Morgan fingerprint density at radius 3 is 2.86 bits per heavy atom. The molecule has 0 aromatic heterocycles. The molecule has 3 aliphatic rings. The summed E-state index contributed by atoms with van der Waals surface area (Å²) in [5, 5.41) is 9.01. The predicted octanol–water partition coefficient (Wildman–Crippen LogP) is 4.85. The maximum atomic E-state index is 13.9. The van der Waals surface area contributed by atoms with Crippen LogP contribution in [0, 0.1) is 0 Å². The van der Waals surface area contributed by atoms with Crippen LogP contribution in [0.2, 0.25) is 0 Å². The Hall–Kier alpha value is -3.04. The predicted molar refractivity (Wildman–Crippen MR) is 121 cm³/mol. The van der Waals surface area contributed by atoms with Crippen molar-refractivity contribution in [1.82, 2.24) is 4.90 Å². The van der Waals surface area contributed by atoms with E-state index in [-0.39, 0.29) is 25.4 Å². The van der Waals surface area contributed by atoms with Crippen LogP contribution in [-0.4, -0.2) is 48.4 Å². The summed E-state index contributed by atoms with van der Waals surface area (Å²) >= 11 is 0. The van der Waals surface area contributed by atoms with Crippen molar-refractivity contribution in [3.8, 4) is 11.5 Å². The molecule has 0 saturated carbocycles. The van der Waals surface area contributed by atoms with E-state index in [0.29, 0.717) is 66.3 Å². The average Bonchev–Trinajstić information content (AvgIpc) is 3.37. The summed E-state index contributed by atoms with van der Waals surface area (Å²) < 4.78 is 59.0. The van der Waals surface area contributed by atoms with Gasteiger partial charge in [0, 0.05) is 42.9 Å². The highest BCUT2D eigenvalue weighted by atomic mass is 19.4. The summed E-state index contributed by atoms with van der Waals surface area (Å²) in [6.45, 7) is 4.02. The molecular formula is C26H26F3NO5. The lowest BCUT2D eigenvalue weighted by molar-refractivity contribution is -0.138. The molecule has 2 aromatic carbocycles. The van der Waals surface area contributed by atoms with E-state index in [1.54, 1.807) is 24.3 Å². The SMILES string of the molecule is CC1CN(Cc2c(C(F)(F)F)ccc3c2CCC3Oc2ccc3c(c2)OCC3=CC(=O)O)CCO1. The second-order valence-corrected chi connectivity index (χ2v) is 9.17. The van der Waals surface area contributed by atoms with Gasteiger partial charge in [0.25, 0.3) is 0 Å². The highest BCUT2D eigenvalue weighted by Crippen LogP contribution is 2.44. The van der Waals surface area contributed by atoms with Crippen molar-refractivity contribution >= 4 is 11.5 Å². The third-order valence-corrected chi connectivity index (χ3v) is 6.74. The fourth-order valence-corrected chi connectivity index (χ4v) is 5.19. The van der Waals surface area contributed by atoms with E-state index in [1.807, 2.05) is 11.8 Å². The molecule has 6 nitrogen and oxygen atoms in total. The number of carboxylic acids is 1. The van der Waals surface area contributed by atoms with E-state index in [2.05, 4.69) is 0 Å². The van der Waals surface area contributed by atoms with Crippen LogP contribution in [0.25, 0.3) is 5.57 Å². The first-order valence-electron chi connectivity index (χ1n) is 11.6. The molecule has 1 N–H and O–H groups in total. The van der Waals surface area contributed by atoms with Crippen LogP contribution in [0.1, 0.15) is 47.3 Å². The zero-order valence-electron chi connectivity index (χ0n) is 19.2. The fraction of sp³-hybridized carbons (Fsp3) is 0.423. The first kappa shape index (κ1) is 23.7. The quantitative estimate of drug-likeness (QED) is 0.606. The Morgan fingerprint density at radius 1 is 1.29 bits per heavy atom. The minimum Gasteiger partial charge on any atom is -0.488 e. The Bertz CT molecular complexity index is 1180. The van der Waals surface area contributed by atoms with Crippen molar-refractivity contribution in [3.05, 3.63) is 64.2 Å². The van der Waals surface area contributed by atoms with Gasteiger partial charge in [-0.15, -0.1) is 0 Å². The average molecular weight is 489 g/mol. The van der Waals surface area contributed by atoms with Crippen LogP contribution in [0.3, 0.4) is 0 Å². The number of nitrogens with zero attached hydrogens (tertiary/aromatic N) is 1. The Kier molecular flexibility index (Phi) is 6.23. The summed E-state index contributed by atoms with van der Waals surface area (Å²) in [6, 6.07) is 7.91. The van der Waals surface area contributed by atoms with Gasteiger partial charge < -0.3 is 19.3 Å². The number of hydrogen-bond acceptors (Lipinski definition) is 5. The monoisotopic (exact) mass is 489 g/mol. The molecule has 5 rings (SSSR count). The molecule has 0 amide bonds. The molecule has 2 atom stereocenters. The van der Waals surface area contributed by atoms with Crippen molar-refractivity contribution in [2.75, 3.05) is 26.3 Å². The minimum absolute atomic E-state index is 0.0150. The van der Waals surface area contributed by atoms with Gasteiger partial charge in [-0.25, -0.2) is 4.79 Å². The van der Waals surface area contributed by atoms with Crippen LogP contribution in [0.15, 0.2) is 36.4 Å². The number of carbonyl (C=O) groups is 1. The zero-order chi connectivity index (χ0) is 24.7. The second-order valence-electron chi connectivity index (χ2n) is 9.17. The van der Waals surface area contributed by atoms with Crippen LogP contribution >= 0.6 is 0 Å². The van der Waals surface area contributed by atoms with Crippen LogP contribution < -0.4 is 9.47 Å². The van der Waals surface area contributed by atoms with Crippen LogP contribution in [-0.2, 0) is 28.7 Å². The van der Waals surface area contributed by atoms with Crippen LogP contribution in [0.5, 0.6) is 11.5 Å². The van der Waals surface area contributed by atoms with Crippen LogP contribution in [0.4, 0.5) is 13.2 Å². The van der Waals surface area contributed by atoms with Gasteiger partial charge in [0.05, 0.1) is 18.3 Å². The largest absolute Gasteiger partial charge is 0.488 e. The minimum atomic E-state index is -4.43. The standard InChI is InChI=1S/C26H26F3NO5/c1-15-12-30(8-9-33-15)13-21-19-5-7-23(20(19)4-6-22(21)26(27,28)29)35-17-2-3-18-16(10-25(31)32)14-34-24(18)11-17/h2-4,6,10-11,15,23H,5,7-9,12-14H2,1H3,(H,31,32). The molecule has 186 valence electrons. The highest BCUT2D eigenvalue weighted by molar-refractivity contribution is 5.92. The molecule has 0 spiro atoms. The number of halogens is 3. The first-order chi connectivity index (χ1) is 16.7. The van der Waals surface area contributed by atoms with E-state index in [0.717, 1.165) is 11.6 Å². The first-order valence-corrected chi connectivity index (χ1v) is 11.6. The number of rotatable bonds is 5.